The van der Waals surface area contributed by atoms with Crippen LogP contribution in [0.2, 0.25) is 0 Å². The van der Waals surface area contributed by atoms with Crippen LogP contribution in [0.4, 0.5) is 0 Å². The maximum atomic E-state index is 5.49. The van der Waals surface area contributed by atoms with Crippen LogP contribution >= 0.6 is 0 Å². The average Bonchev–Trinajstić information content (AvgIpc) is 3.11. The molecule has 2 nitrogen and oxygen atoms in total. The zero-order valence-corrected chi connectivity index (χ0v) is 16.2. The van der Waals surface area contributed by atoms with Gasteiger partial charge in [0, 0.05) is 24.0 Å². The predicted molar refractivity (Wildman–Crippen MR) is 116 cm³/mol. The third kappa shape index (κ3) is 5.44. The van der Waals surface area contributed by atoms with E-state index in [2.05, 4.69) is 44.7 Å². The van der Waals surface area contributed by atoms with Gasteiger partial charge in [-0.1, -0.05) is 48.2 Å². The number of hydrogen-bond donors (Lipinski definition) is 0. The summed E-state index contributed by atoms with van der Waals surface area (Å²) in [6, 6.07) is 19.8. The van der Waals surface area contributed by atoms with E-state index in [9.17, 15) is 0 Å². The highest BCUT2D eigenvalue weighted by atomic mass is 15.1. The van der Waals surface area contributed by atoms with Crippen molar-refractivity contribution in [2.24, 2.45) is 0 Å². The number of aromatic nitrogens is 2. The summed E-state index contributed by atoms with van der Waals surface area (Å²) in [5.41, 5.74) is 3.61. The van der Waals surface area contributed by atoms with Crippen LogP contribution < -0.4 is 4.57 Å². The summed E-state index contributed by atoms with van der Waals surface area (Å²) in [6.45, 7) is 1.36. The molecular formula is C27H21N2+. The first-order valence-electron chi connectivity index (χ1n) is 9.45. The molecule has 29 heavy (non-hydrogen) atoms. The highest BCUT2D eigenvalue weighted by Gasteiger charge is 2.20. The van der Waals surface area contributed by atoms with Gasteiger partial charge in [-0.05, 0) is 36.1 Å². The molecule has 0 unspecified atom stereocenters. The lowest BCUT2D eigenvalue weighted by molar-refractivity contribution is -0.697. The van der Waals surface area contributed by atoms with Gasteiger partial charge in [-0.15, -0.1) is 24.7 Å². The Hall–Kier alpha value is -4.11. The van der Waals surface area contributed by atoms with Crippen molar-refractivity contribution in [3.8, 4) is 48.4 Å². The van der Waals surface area contributed by atoms with Gasteiger partial charge < -0.3 is 0 Å². The lowest BCUT2D eigenvalue weighted by Gasteiger charge is -1.94. The number of rotatable bonds is 4. The van der Waals surface area contributed by atoms with Crippen molar-refractivity contribution in [1.29, 1.82) is 0 Å². The summed E-state index contributed by atoms with van der Waals surface area (Å²) >= 11 is 0. The monoisotopic (exact) mass is 373 g/mol. The van der Waals surface area contributed by atoms with Crippen LogP contribution in [0.15, 0.2) is 67.0 Å². The average molecular weight is 373 g/mol. The first kappa shape index (κ1) is 19.6. The molecule has 3 aromatic rings. The molecule has 0 aliphatic carbocycles. The molecule has 3 rings (SSSR count). The summed E-state index contributed by atoms with van der Waals surface area (Å²) in [5.74, 6) is 18.5. The van der Waals surface area contributed by atoms with Gasteiger partial charge in [0.25, 0.3) is 0 Å². The maximum absolute atomic E-state index is 5.49. The Labute approximate surface area is 173 Å². The van der Waals surface area contributed by atoms with Crippen LogP contribution in [0, 0.1) is 48.4 Å². The van der Waals surface area contributed by atoms with Crippen molar-refractivity contribution in [1.82, 2.24) is 4.57 Å². The molecule has 0 atom stereocenters. The first-order valence-corrected chi connectivity index (χ1v) is 9.45. The fourth-order valence-corrected chi connectivity index (χ4v) is 2.83. The highest BCUT2D eigenvalue weighted by Crippen LogP contribution is 2.08. The Bertz CT molecular complexity index is 1070. The molecule has 0 N–H and O–H groups in total. The topological polar surface area (TPSA) is 8.81 Å². The lowest BCUT2D eigenvalue weighted by Crippen LogP contribution is -2.35. The van der Waals surface area contributed by atoms with E-state index >= 15 is 0 Å². The van der Waals surface area contributed by atoms with Crippen LogP contribution in [0.25, 0.3) is 0 Å². The summed E-state index contributed by atoms with van der Waals surface area (Å²) in [6.07, 6.45) is 14.2. The van der Waals surface area contributed by atoms with E-state index in [1.807, 2.05) is 67.0 Å². The van der Waals surface area contributed by atoms with Crippen LogP contribution in [-0.4, -0.2) is 4.57 Å². The second-order valence-electron chi connectivity index (χ2n) is 6.34. The van der Waals surface area contributed by atoms with E-state index in [0.29, 0.717) is 25.9 Å². The molecule has 0 radical (unpaired) electrons. The zero-order chi connectivity index (χ0) is 20.3. The smallest absolute Gasteiger partial charge is 0.221 e. The molecule has 138 valence electrons. The maximum Gasteiger partial charge on any atom is 0.245 e. The molecule has 0 bridgehead atoms. The molecule has 0 amide bonds. The molecule has 2 heteroatoms. The third-order valence-electron chi connectivity index (χ3n) is 4.27. The molecule has 0 fully saturated rings. The van der Waals surface area contributed by atoms with Crippen LogP contribution in [0.3, 0.4) is 0 Å². The minimum atomic E-state index is 0.620. The fourth-order valence-electron chi connectivity index (χ4n) is 2.83. The SMILES string of the molecule is C#CCCn1c[n+](CCC#C)c(C#Cc2ccccc2)c1C#Cc1ccccc1. The van der Waals surface area contributed by atoms with Gasteiger partial charge >= 0.3 is 0 Å². The van der Waals surface area contributed by atoms with E-state index in [0.717, 1.165) is 22.5 Å². The van der Waals surface area contributed by atoms with Gasteiger partial charge in [-0.25, -0.2) is 9.13 Å². The van der Waals surface area contributed by atoms with Crippen LogP contribution in [-0.2, 0) is 13.1 Å². The van der Waals surface area contributed by atoms with Crippen molar-refractivity contribution >= 4 is 0 Å². The quantitative estimate of drug-likeness (QED) is 0.488. The standard InChI is InChI=1S/C27H21N2/c1-3-5-21-28-23-29(22-6-4-2)27(20-18-25-15-11-8-12-16-25)26(28)19-17-24-13-9-7-10-14-24/h1-2,7-16,23H,5-6,21-22H2/q+1. The van der Waals surface area contributed by atoms with E-state index < -0.39 is 0 Å². The molecule has 0 saturated carbocycles. The lowest BCUT2D eigenvalue weighted by atomic mass is 10.2. The van der Waals surface area contributed by atoms with E-state index in [1.165, 1.54) is 0 Å². The summed E-state index contributed by atoms with van der Waals surface area (Å²) in [5, 5.41) is 0. The summed E-state index contributed by atoms with van der Waals surface area (Å²) in [7, 11) is 0. The van der Waals surface area contributed by atoms with E-state index in [-0.39, 0.29) is 0 Å². The number of terminal acetylenes is 2. The largest absolute Gasteiger partial charge is 0.245 e. The number of nitrogens with zero attached hydrogens (tertiary/aromatic N) is 2. The van der Waals surface area contributed by atoms with Crippen LogP contribution in [0.5, 0.6) is 0 Å². The summed E-state index contributed by atoms with van der Waals surface area (Å²) in [4.78, 5) is 0. The number of hydrogen-bond acceptors (Lipinski definition) is 0. The molecule has 0 saturated heterocycles. The Morgan fingerprint density at radius 3 is 1.90 bits per heavy atom. The second kappa shape index (κ2) is 10.3. The predicted octanol–water partition coefficient (Wildman–Crippen LogP) is 3.62. The minimum absolute atomic E-state index is 0.620. The molecule has 0 aliphatic heterocycles. The Morgan fingerprint density at radius 1 is 0.724 bits per heavy atom. The number of aryl methyl sites for hydroxylation is 2. The minimum Gasteiger partial charge on any atom is -0.221 e. The third-order valence-corrected chi connectivity index (χ3v) is 4.27. The van der Waals surface area contributed by atoms with E-state index in [4.69, 9.17) is 12.8 Å². The van der Waals surface area contributed by atoms with Gasteiger partial charge in [0.2, 0.25) is 17.7 Å². The highest BCUT2D eigenvalue weighted by molar-refractivity contribution is 5.47. The molecule has 2 aromatic carbocycles. The normalized spacial score (nSPS) is 9.31. The fraction of sp³-hybridized carbons (Fsp3) is 0.148. The van der Waals surface area contributed by atoms with E-state index in [1.54, 1.807) is 0 Å². The molecule has 1 aromatic heterocycles. The Morgan fingerprint density at radius 2 is 1.31 bits per heavy atom. The number of imidazole rings is 1. The van der Waals surface area contributed by atoms with Gasteiger partial charge in [-0.3, -0.25) is 0 Å². The van der Waals surface area contributed by atoms with Gasteiger partial charge in [0.05, 0.1) is 0 Å². The zero-order valence-electron chi connectivity index (χ0n) is 16.2. The summed E-state index contributed by atoms with van der Waals surface area (Å²) < 4.78 is 4.14. The molecule has 0 aliphatic rings. The first-order chi connectivity index (χ1) is 14.3. The van der Waals surface area contributed by atoms with Gasteiger partial charge in [0.1, 0.15) is 13.1 Å². The molecular weight excluding hydrogens is 352 g/mol. The van der Waals surface area contributed by atoms with Crippen molar-refractivity contribution in [2.45, 2.75) is 25.9 Å². The molecule has 0 spiro atoms. The van der Waals surface area contributed by atoms with Crippen molar-refractivity contribution in [3.05, 3.63) is 89.5 Å². The number of benzene rings is 2. The van der Waals surface area contributed by atoms with Gasteiger partial charge in [-0.2, -0.15) is 0 Å². The van der Waals surface area contributed by atoms with Gasteiger partial charge in [0.15, 0.2) is 0 Å². The second-order valence-corrected chi connectivity index (χ2v) is 6.34. The Kier molecular flexibility index (Phi) is 6.97. The van der Waals surface area contributed by atoms with Crippen molar-refractivity contribution < 1.29 is 4.57 Å². The van der Waals surface area contributed by atoms with Crippen molar-refractivity contribution in [2.75, 3.05) is 0 Å². The van der Waals surface area contributed by atoms with Crippen molar-refractivity contribution in [3.63, 3.8) is 0 Å². The molecule has 1 heterocycles. The van der Waals surface area contributed by atoms with Crippen LogP contribution in [0.1, 0.15) is 35.4 Å². The Balaban J connectivity index is 2.10.